The van der Waals surface area contributed by atoms with E-state index in [1.807, 2.05) is 24.3 Å². The summed E-state index contributed by atoms with van der Waals surface area (Å²) in [4.78, 5) is 23.2. The first kappa shape index (κ1) is 12.5. The van der Waals surface area contributed by atoms with Crippen molar-refractivity contribution in [3.8, 4) is 0 Å². The van der Waals surface area contributed by atoms with Crippen LogP contribution < -0.4 is 0 Å². The lowest BCUT2D eigenvalue weighted by molar-refractivity contribution is -0.118. The summed E-state index contributed by atoms with van der Waals surface area (Å²) in [6.45, 7) is 3.26. The highest BCUT2D eigenvalue weighted by atomic mass is 16.5. The van der Waals surface area contributed by atoms with E-state index in [9.17, 15) is 4.79 Å². The highest BCUT2D eigenvalue weighted by Crippen LogP contribution is 2.16. The minimum absolute atomic E-state index is 0.00365. The van der Waals surface area contributed by atoms with E-state index in [1.165, 1.54) is 6.92 Å². The Hall–Kier alpha value is -2.50. The number of carbonyl (C=O) groups excluding carboxylic acids is 1. The van der Waals surface area contributed by atoms with Crippen molar-refractivity contribution in [1.82, 2.24) is 20.1 Å². The van der Waals surface area contributed by atoms with Crippen molar-refractivity contribution in [3.63, 3.8) is 0 Å². The summed E-state index contributed by atoms with van der Waals surface area (Å²) in [7, 11) is 0. The number of nitrogens with one attached hydrogen (secondary N) is 1. The number of Topliss-reactive ketones (excluding diaryl/α,β-unsaturated/α-hetero) is 1. The molecule has 0 aliphatic carbocycles. The summed E-state index contributed by atoms with van der Waals surface area (Å²) in [5.74, 6) is 1.28. The number of hydrogen-bond donors (Lipinski definition) is 1. The zero-order valence-electron chi connectivity index (χ0n) is 11.3. The Bertz CT molecular complexity index is 726. The average Bonchev–Trinajstić information content (AvgIpc) is 3.03. The number of rotatable bonds is 4. The quantitative estimate of drug-likeness (QED) is 0.785. The van der Waals surface area contributed by atoms with E-state index in [2.05, 4.69) is 20.1 Å². The molecule has 0 saturated heterocycles. The zero-order valence-corrected chi connectivity index (χ0v) is 11.3. The van der Waals surface area contributed by atoms with Crippen molar-refractivity contribution in [3.05, 3.63) is 41.8 Å². The van der Waals surface area contributed by atoms with E-state index in [1.54, 1.807) is 6.92 Å². The molecule has 20 heavy (non-hydrogen) atoms. The molecule has 0 radical (unpaired) electrons. The Kier molecular flexibility index (Phi) is 3.06. The largest absolute Gasteiger partial charge is 0.342 e. The van der Waals surface area contributed by atoms with Crippen LogP contribution in [0.3, 0.4) is 0 Å². The number of H-pyrrole nitrogens is 1. The number of para-hydroxylation sites is 2. The first-order valence-electron chi connectivity index (χ1n) is 6.40. The van der Waals surface area contributed by atoms with Gasteiger partial charge in [0.05, 0.1) is 23.4 Å². The van der Waals surface area contributed by atoms with Gasteiger partial charge in [0, 0.05) is 0 Å². The third-order valence-corrected chi connectivity index (χ3v) is 3.23. The highest BCUT2D eigenvalue weighted by Gasteiger charge is 2.18. The van der Waals surface area contributed by atoms with Crippen molar-refractivity contribution in [2.45, 2.75) is 26.2 Å². The summed E-state index contributed by atoms with van der Waals surface area (Å²) >= 11 is 0. The second-order valence-corrected chi connectivity index (χ2v) is 4.76. The smallest absolute Gasteiger partial charge is 0.236 e. The van der Waals surface area contributed by atoms with Gasteiger partial charge in [-0.1, -0.05) is 17.3 Å². The zero-order chi connectivity index (χ0) is 14.1. The molecule has 6 nitrogen and oxygen atoms in total. The van der Waals surface area contributed by atoms with Crippen LogP contribution in [0.25, 0.3) is 11.0 Å². The van der Waals surface area contributed by atoms with Crippen LogP contribution in [0.2, 0.25) is 0 Å². The van der Waals surface area contributed by atoms with Crippen LogP contribution in [-0.4, -0.2) is 25.9 Å². The summed E-state index contributed by atoms with van der Waals surface area (Å²) < 4.78 is 5.11. The van der Waals surface area contributed by atoms with E-state index in [0.29, 0.717) is 18.1 Å². The second-order valence-electron chi connectivity index (χ2n) is 4.76. The van der Waals surface area contributed by atoms with Gasteiger partial charge in [0.15, 0.2) is 5.82 Å². The second kappa shape index (κ2) is 4.88. The van der Waals surface area contributed by atoms with Crippen molar-refractivity contribution >= 4 is 16.8 Å². The fourth-order valence-corrected chi connectivity index (χ4v) is 1.93. The molecule has 1 aromatic carbocycles. The minimum Gasteiger partial charge on any atom is -0.342 e. The Morgan fingerprint density at radius 3 is 2.90 bits per heavy atom. The number of hydrogen-bond acceptors (Lipinski definition) is 5. The number of nitrogens with zero attached hydrogens (tertiary/aromatic N) is 3. The third kappa shape index (κ3) is 2.32. The fourth-order valence-electron chi connectivity index (χ4n) is 1.93. The maximum Gasteiger partial charge on any atom is 0.236 e. The van der Waals surface area contributed by atoms with E-state index in [-0.39, 0.29) is 11.7 Å². The maximum atomic E-state index is 11.3. The van der Waals surface area contributed by atoms with Gasteiger partial charge in [-0.3, -0.25) is 4.79 Å². The number of carbonyl (C=O) groups is 1. The molecule has 0 saturated carbocycles. The minimum atomic E-state index is -0.369. The molecule has 3 rings (SSSR count). The Morgan fingerprint density at radius 1 is 1.35 bits per heavy atom. The first-order valence-corrected chi connectivity index (χ1v) is 6.40. The predicted molar refractivity (Wildman–Crippen MR) is 72.3 cm³/mol. The molecule has 0 bridgehead atoms. The van der Waals surface area contributed by atoms with E-state index >= 15 is 0 Å². The van der Waals surface area contributed by atoms with Crippen LogP contribution in [0, 0.1) is 0 Å². The molecule has 0 amide bonds. The normalized spacial score (nSPS) is 12.7. The van der Waals surface area contributed by atoms with Gasteiger partial charge in [0.1, 0.15) is 11.6 Å². The lowest BCUT2D eigenvalue weighted by Gasteiger charge is -1.97. The number of benzene rings is 1. The molecule has 1 atom stereocenters. The number of fused-ring (bicyclic) bond motifs is 1. The molecule has 1 N–H and O–H groups in total. The van der Waals surface area contributed by atoms with Gasteiger partial charge in [-0.25, -0.2) is 4.98 Å². The molecule has 102 valence electrons. The lowest BCUT2D eigenvalue weighted by atomic mass is 10.1. The summed E-state index contributed by atoms with van der Waals surface area (Å²) in [5.41, 5.74) is 1.88. The van der Waals surface area contributed by atoms with Crippen LogP contribution in [0.4, 0.5) is 0 Å². The van der Waals surface area contributed by atoms with Gasteiger partial charge >= 0.3 is 0 Å². The van der Waals surface area contributed by atoms with Gasteiger partial charge in [-0.15, -0.1) is 0 Å². The molecule has 1 unspecified atom stereocenters. The molecule has 0 aliphatic heterocycles. The van der Waals surface area contributed by atoms with E-state index in [4.69, 9.17) is 4.52 Å². The predicted octanol–water partition coefficient (Wildman–Crippen LogP) is 2.23. The van der Waals surface area contributed by atoms with Crippen molar-refractivity contribution < 1.29 is 9.32 Å². The van der Waals surface area contributed by atoms with Crippen LogP contribution in [-0.2, 0) is 11.2 Å². The van der Waals surface area contributed by atoms with Crippen LogP contribution in [0.15, 0.2) is 28.8 Å². The number of ketones is 1. The summed E-state index contributed by atoms with van der Waals surface area (Å²) in [6.07, 6.45) is 0.447. The molecule has 0 spiro atoms. The monoisotopic (exact) mass is 270 g/mol. The van der Waals surface area contributed by atoms with Crippen molar-refractivity contribution in [2.24, 2.45) is 0 Å². The van der Waals surface area contributed by atoms with Gasteiger partial charge < -0.3 is 9.51 Å². The summed E-state index contributed by atoms with van der Waals surface area (Å²) in [6, 6.07) is 7.79. The van der Waals surface area contributed by atoms with Gasteiger partial charge in [0.25, 0.3) is 0 Å². The van der Waals surface area contributed by atoms with Crippen LogP contribution in [0.1, 0.15) is 37.3 Å². The molecule has 0 aliphatic rings. The SMILES string of the molecule is CC(=O)C(C)c1nc(Cc2nc3ccccc3[nH]2)no1. The first-order chi connectivity index (χ1) is 9.63. The third-order valence-electron chi connectivity index (χ3n) is 3.23. The van der Waals surface area contributed by atoms with Gasteiger partial charge in [-0.2, -0.15) is 4.98 Å². The van der Waals surface area contributed by atoms with Crippen LogP contribution >= 0.6 is 0 Å². The van der Waals surface area contributed by atoms with Gasteiger partial charge in [-0.05, 0) is 26.0 Å². The lowest BCUT2D eigenvalue weighted by Crippen LogP contribution is -2.04. The van der Waals surface area contributed by atoms with E-state index < -0.39 is 0 Å². The molecule has 6 heteroatoms. The topological polar surface area (TPSA) is 84.7 Å². The van der Waals surface area contributed by atoms with Crippen molar-refractivity contribution in [1.29, 1.82) is 0 Å². The Labute approximate surface area is 115 Å². The maximum absolute atomic E-state index is 11.3. The fraction of sp³-hybridized carbons (Fsp3) is 0.286. The highest BCUT2D eigenvalue weighted by molar-refractivity contribution is 5.81. The number of aromatic amines is 1. The molecular formula is C14H14N4O2. The van der Waals surface area contributed by atoms with Gasteiger partial charge in [0.2, 0.25) is 5.89 Å². The molecule has 0 fully saturated rings. The summed E-state index contributed by atoms with van der Waals surface area (Å²) in [5, 5.41) is 3.89. The van der Waals surface area contributed by atoms with E-state index in [0.717, 1.165) is 16.9 Å². The molecule has 3 aromatic rings. The number of aromatic nitrogens is 4. The Balaban J connectivity index is 1.82. The average molecular weight is 270 g/mol. The Morgan fingerprint density at radius 2 is 2.15 bits per heavy atom. The number of imidazole rings is 1. The molecular weight excluding hydrogens is 256 g/mol. The van der Waals surface area contributed by atoms with Crippen LogP contribution in [0.5, 0.6) is 0 Å². The van der Waals surface area contributed by atoms with Crippen molar-refractivity contribution in [2.75, 3.05) is 0 Å². The molecule has 2 aromatic heterocycles. The molecule has 2 heterocycles. The standard InChI is InChI=1S/C14H14N4O2/c1-8(9(2)19)14-17-13(18-20-14)7-12-15-10-5-3-4-6-11(10)16-12/h3-6,8H,7H2,1-2H3,(H,15,16).